The van der Waals surface area contributed by atoms with Gasteiger partial charge in [-0.2, -0.15) is 23.4 Å². The van der Waals surface area contributed by atoms with E-state index in [1.165, 1.54) is 9.36 Å². The second-order valence-corrected chi connectivity index (χ2v) is 6.13. The molecule has 126 valence electrons. The van der Waals surface area contributed by atoms with E-state index < -0.39 is 11.9 Å². The van der Waals surface area contributed by atoms with Gasteiger partial charge < -0.3 is 5.32 Å². The predicted octanol–water partition coefficient (Wildman–Crippen LogP) is 2.37. The minimum Gasteiger partial charge on any atom is -0.351 e. The number of nitrogens with zero attached hydrogens (tertiary/aromatic N) is 4. The Kier molecular flexibility index (Phi) is 5.32. The molecule has 6 nitrogen and oxygen atoms in total. The SMILES string of the molecule is Cc1cc(C(F)(F)F)nn1CCCNC(=O)c1c(I)cnn1C. The lowest BCUT2D eigenvalue weighted by molar-refractivity contribution is -0.141. The zero-order valence-corrected chi connectivity index (χ0v) is 14.6. The highest BCUT2D eigenvalue weighted by Gasteiger charge is 2.34. The van der Waals surface area contributed by atoms with Gasteiger partial charge >= 0.3 is 6.18 Å². The third-order valence-corrected chi connectivity index (χ3v) is 4.00. The van der Waals surface area contributed by atoms with Crippen LogP contribution in [0.15, 0.2) is 12.3 Å². The van der Waals surface area contributed by atoms with Crippen molar-refractivity contribution in [3.63, 3.8) is 0 Å². The molecular weight excluding hydrogens is 426 g/mol. The number of aryl methyl sites for hydroxylation is 3. The summed E-state index contributed by atoms with van der Waals surface area (Å²) in [6, 6.07) is 1.01. The Hall–Kier alpha value is -1.59. The summed E-state index contributed by atoms with van der Waals surface area (Å²) in [6.07, 6.45) is -2.39. The number of hydrogen-bond acceptors (Lipinski definition) is 3. The fraction of sp³-hybridized carbons (Fsp3) is 0.462. The summed E-state index contributed by atoms with van der Waals surface area (Å²) >= 11 is 2.02. The highest BCUT2D eigenvalue weighted by molar-refractivity contribution is 14.1. The van der Waals surface area contributed by atoms with E-state index in [1.807, 2.05) is 22.6 Å². The minimum absolute atomic E-state index is 0.262. The fourth-order valence-electron chi connectivity index (χ4n) is 2.06. The Morgan fingerprint density at radius 3 is 2.65 bits per heavy atom. The zero-order valence-electron chi connectivity index (χ0n) is 12.5. The number of alkyl halides is 3. The molecule has 0 aliphatic carbocycles. The van der Waals surface area contributed by atoms with E-state index in [0.29, 0.717) is 30.9 Å². The van der Waals surface area contributed by atoms with Crippen molar-refractivity contribution in [3.05, 3.63) is 32.9 Å². The van der Waals surface area contributed by atoms with E-state index in [2.05, 4.69) is 15.5 Å². The lowest BCUT2D eigenvalue weighted by Gasteiger charge is -2.07. The lowest BCUT2D eigenvalue weighted by atomic mass is 10.3. The Bertz CT molecular complexity index is 688. The number of amides is 1. The van der Waals surface area contributed by atoms with Gasteiger partial charge in [-0.1, -0.05) is 0 Å². The van der Waals surface area contributed by atoms with Crippen molar-refractivity contribution in [2.24, 2.45) is 7.05 Å². The molecule has 2 aromatic rings. The highest BCUT2D eigenvalue weighted by Crippen LogP contribution is 2.28. The second-order valence-electron chi connectivity index (χ2n) is 4.97. The van der Waals surface area contributed by atoms with Crippen molar-refractivity contribution in [3.8, 4) is 0 Å². The van der Waals surface area contributed by atoms with Crippen LogP contribution in [0.2, 0.25) is 0 Å². The van der Waals surface area contributed by atoms with Gasteiger partial charge in [-0.15, -0.1) is 0 Å². The summed E-state index contributed by atoms with van der Waals surface area (Å²) in [5.41, 5.74) is -0.00599. The average Bonchev–Trinajstić information content (AvgIpc) is 2.98. The zero-order chi connectivity index (χ0) is 17.2. The van der Waals surface area contributed by atoms with Crippen molar-refractivity contribution >= 4 is 28.5 Å². The number of carbonyl (C=O) groups excluding carboxylic acids is 1. The van der Waals surface area contributed by atoms with Crippen LogP contribution in [0.4, 0.5) is 13.2 Å². The Balaban J connectivity index is 1.87. The number of rotatable bonds is 5. The van der Waals surface area contributed by atoms with Crippen molar-refractivity contribution in [1.29, 1.82) is 0 Å². The third-order valence-electron chi connectivity index (χ3n) is 3.21. The van der Waals surface area contributed by atoms with Gasteiger partial charge in [0.05, 0.1) is 9.77 Å². The topological polar surface area (TPSA) is 64.7 Å². The molecule has 23 heavy (non-hydrogen) atoms. The normalized spacial score (nSPS) is 11.7. The molecule has 1 N–H and O–H groups in total. The second kappa shape index (κ2) is 6.89. The number of halogens is 4. The first kappa shape index (κ1) is 17.8. The van der Waals surface area contributed by atoms with Gasteiger partial charge in [-0.05, 0) is 42.0 Å². The van der Waals surface area contributed by atoms with Crippen LogP contribution in [-0.2, 0) is 19.8 Å². The van der Waals surface area contributed by atoms with Gasteiger partial charge in [0.1, 0.15) is 5.69 Å². The summed E-state index contributed by atoms with van der Waals surface area (Å²) < 4.78 is 41.2. The van der Waals surface area contributed by atoms with Crippen LogP contribution < -0.4 is 5.32 Å². The predicted molar refractivity (Wildman–Crippen MR) is 84.8 cm³/mol. The van der Waals surface area contributed by atoms with Gasteiger partial charge in [0.25, 0.3) is 5.91 Å². The van der Waals surface area contributed by atoms with Crippen LogP contribution >= 0.6 is 22.6 Å². The van der Waals surface area contributed by atoms with Crippen molar-refractivity contribution in [1.82, 2.24) is 24.9 Å². The van der Waals surface area contributed by atoms with Gasteiger partial charge in [0.2, 0.25) is 0 Å². The molecule has 0 aliphatic heterocycles. The van der Waals surface area contributed by atoms with Crippen LogP contribution in [0.1, 0.15) is 28.3 Å². The molecule has 0 radical (unpaired) electrons. The van der Waals surface area contributed by atoms with E-state index in [1.54, 1.807) is 20.2 Å². The lowest BCUT2D eigenvalue weighted by Crippen LogP contribution is -2.28. The van der Waals surface area contributed by atoms with Crippen LogP contribution in [0.3, 0.4) is 0 Å². The minimum atomic E-state index is -4.44. The largest absolute Gasteiger partial charge is 0.435 e. The molecule has 0 saturated heterocycles. The van der Waals surface area contributed by atoms with Gasteiger partial charge in [0.15, 0.2) is 5.69 Å². The van der Waals surface area contributed by atoms with E-state index in [0.717, 1.165) is 9.64 Å². The third kappa shape index (κ3) is 4.24. The number of hydrogen-bond donors (Lipinski definition) is 1. The molecular formula is C13H15F3IN5O. The molecule has 0 aliphatic rings. The quantitative estimate of drug-likeness (QED) is 0.573. The summed E-state index contributed by atoms with van der Waals surface area (Å²) in [5.74, 6) is -0.262. The number of carbonyl (C=O) groups is 1. The molecule has 0 spiro atoms. The van der Waals surface area contributed by atoms with Gasteiger partial charge in [0, 0.05) is 25.8 Å². The van der Waals surface area contributed by atoms with Crippen molar-refractivity contribution < 1.29 is 18.0 Å². The van der Waals surface area contributed by atoms with Crippen LogP contribution in [-0.4, -0.2) is 32.0 Å². The van der Waals surface area contributed by atoms with E-state index in [-0.39, 0.29) is 5.91 Å². The average molecular weight is 441 g/mol. The van der Waals surface area contributed by atoms with Crippen molar-refractivity contribution in [2.75, 3.05) is 6.54 Å². The Morgan fingerprint density at radius 1 is 1.43 bits per heavy atom. The smallest absolute Gasteiger partial charge is 0.351 e. The molecule has 0 atom stereocenters. The van der Waals surface area contributed by atoms with Gasteiger partial charge in [-0.25, -0.2) is 0 Å². The summed E-state index contributed by atoms with van der Waals surface area (Å²) in [7, 11) is 1.67. The van der Waals surface area contributed by atoms with E-state index >= 15 is 0 Å². The molecule has 2 aromatic heterocycles. The summed E-state index contributed by atoms with van der Waals surface area (Å²) in [4.78, 5) is 12.0. The molecule has 2 rings (SSSR count). The molecule has 0 fully saturated rings. The maximum Gasteiger partial charge on any atom is 0.435 e. The number of aromatic nitrogens is 4. The molecule has 10 heteroatoms. The Labute approximate surface area is 144 Å². The van der Waals surface area contributed by atoms with Crippen LogP contribution in [0.5, 0.6) is 0 Å². The first-order valence-electron chi connectivity index (χ1n) is 6.77. The monoisotopic (exact) mass is 441 g/mol. The van der Waals surface area contributed by atoms with Crippen LogP contribution in [0.25, 0.3) is 0 Å². The first-order chi connectivity index (χ1) is 10.7. The fourth-order valence-corrected chi connectivity index (χ4v) is 2.77. The Morgan fingerprint density at radius 2 is 2.13 bits per heavy atom. The van der Waals surface area contributed by atoms with Crippen molar-refractivity contribution in [2.45, 2.75) is 26.1 Å². The standard InChI is InChI=1S/C13H15F3IN5O/c1-8-6-10(13(14,15)16)20-22(8)5-3-4-18-12(23)11-9(17)7-19-21(11)2/h6-7H,3-5H2,1-2H3,(H,18,23). The molecule has 0 saturated carbocycles. The molecule has 0 aromatic carbocycles. The maximum atomic E-state index is 12.6. The summed E-state index contributed by atoms with van der Waals surface area (Å²) in [6.45, 7) is 2.20. The van der Waals surface area contributed by atoms with Gasteiger partial charge in [-0.3, -0.25) is 14.2 Å². The highest BCUT2D eigenvalue weighted by atomic mass is 127. The maximum absolute atomic E-state index is 12.6. The number of nitrogens with one attached hydrogen (secondary N) is 1. The molecule has 0 bridgehead atoms. The first-order valence-corrected chi connectivity index (χ1v) is 7.85. The molecule has 0 unspecified atom stereocenters. The molecule has 1 amide bonds. The van der Waals surface area contributed by atoms with E-state index in [4.69, 9.17) is 0 Å². The summed E-state index contributed by atoms with van der Waals surface area (Å²) in [5, 5.41) is 10.2. The molecule has 2 heterocycles. The van der Waals surface area contributed by atoms with E-state index in [9.17, 15) is 18.0 Å². The van der Waals surface area contributed by atoms with Crippen LogP contribution in [0, 0.1) is 10.5 Å².